The zero-order valence-electron chi connectivity index (χ0n) is 14.6. The van der Waals surface area contributed by atoms with E-state index in [-0.39, 0.29) is 5.78 Å². The fraction of sp³-hybridized carbons (Fsp3) is 0. The first kappa shape index (κ1) is 17.0. The van der Waals surface area contributed by atoms with E-state index in [1.54, 1.807) is 23.6 Å². The van der Waals surface area contributed by atoms with Crippen LogP contribution in [0, 0.1) is 0 Å². The van der Waals surface area contributed by atoms with E-state index >= 15 is 0 Å². The van der Waals surface area contributed by atoms with Crippen molar-refractivity contribution in [3.63, 3.8) is 0 Å². The first-order chi connectivity index (χ1) is 13.7. The molecule has 28 heavy (non-hydrogen) atoms. The molecule has 5 aromatic rings. The Kier molecular flexibility index (Phi) is 4.11. The van der Waals surface area contributed by atoms with Gasteiger partial charge in [0, 0.05) is 44.8 Å². The fourth-order valence-corrected chi connectivity index (χ4v) is 4.15. The summed E-state index contributed by atoms with van der Waals surface area (Å²) in [5, 5.41) is 3.58. The number of benzene rings is 2. The summed E-state index contributed by atoms with van der Waals surface area (Å²) in [4.78, 5) is 21.6. The lowest BCUT2D eigenvalue weighted by Gasteiger charge is -2.01. The number of hydrogen-bond donors (Lipinski definition) is 1. The summed E-state index contributed by atoms with van der Waals surface area (Å²) in [6.07, 6.45) is 7.16. The van der Waals surface area contributed by atoms with E-state index in [4.69, 9.17) is 16.6 Å². The standard InChI is InChI=1S/C22H14ClN3OS/c23-15-7-5-14(6-8-15)21-19(26-11-12-28-22(26)25-21)9-10-20(27)17-13-24-18-4-2-1-3-16(17)18/h1-13,24H. The number of nitrogens with zero attached hydrogens (tertiary/aromatic N) is 2. The Bertz CT molecular complexity index is 1340. The van der Waals surface area contributed by atoms with Crippen molar-refractivity contribution in [3.05, 3.63) is 88.7 Å². The highest BCUT2D eigenvalue weighted by atomic mass is 35.5. The number of nitrogens with one attached hydrogen (secondary N) is 1. The van der Waals surface area contributed by atoms with Crippen molar-refractivity contribution in [1.82, 2.24) is 14.4 Å². The molecule has 0 unspecified atom stereocenters. The van der Waals surface area contributed by atoms with E-state index < -0.39 is 0 Å². The van der Waals surface area contributed by atoms with Gasteiger partial charge in [-0.15, -0.1) is 11.3 Å². The molecule has 0 aliphatic carbocycles. The van der Waals surface area contributed by atoms with Crippen molar-refractivity contribution in [1.29, 1.82) is 0 Å². The van der Waals surface area contributed by atoms with Gasteiger partial charge in [-0.1, -0.05) is 41.9 Å². The monoisotopic (exact) mass is 403 g/mol. The van der Waals surface area contributed by atoms with E-state index in [1.165, 1.54) is 0 Å². The van der Waals surface area contributed by atoms with Gasteiger partial charge in [-0.05, 0) is 30.4 Å². The van der Waals surface area contributed by atoms with Crippen LogP contribution in [-0.2, 0) is 0 Å². The highest BCUT2D eigenvalue weighted by Gasteiger charge is 2.14. The van der Waals surface area contributed by atoms with E-state index in [0.717, 1.165) is 32.8 Å². The predicted octanol–water partition coefficient (Wildman–Crippen LogP) is 6.09. The average Bonchev–Trinajstić information content (AvgIpc) is 3.41. The molecule has 0 aliphatic heterocycles. The molecule has 0 bridgehead atoms. The molecular formula is C22H14ClN3OS. The summed E-state index contributed by atoms with van der Waals surface area (Å²) < 4.78 is 1.99. The molecule has 5 rings (SSSR count). The highest BCUT2D eigenvalue weighted by Crippen LogP contribution is 2.29. The number of halogens is 1. The third-order valence-electron chi connectivity index (χ3n) is 4.66. The van der Waals surface area contributed by atoms with Crippen LogP contribution < -0.4 is 0 Å². The van der Waals surface area contributed by atoms with Crippen LogP contribution >= 0.6 is 22.9 Å². The third-order valence-corrected chi connectivity index (χ3v) is 5.67. The molecule has 136 valence electrons. The van der Waals surface area contributed by atoms with Crippen molar-refractivity contribution >= 4 is 50.7 Å². The largest absolute Gasteiger partial charge is 0.360 e. The van der Waals surface area contributed by atoms with Gasteiger partial charge in [-0.2, -0.15) is 0 Å². The van der Waals surface area contributed by atoms with Crippen LogP contribution in [0.3, 0.4) is 0 Å². The maximum absolute atomic E-state index is 12.8. The van der Waals surface area contributed by atoms with Crippen LogP contribution in [-0.4, -0.2) is 20.2 Å². The van der Waals surface area contributed by atoms with Gasteiger partial charge in [0.05, 0.1) is 11.4 Å². The summed E-state index contributed by atoms with van der Waals surface area (Å²) in [5.41, 5.74) is 4.26. The number of fused-ring (bicyclic) bond motifs is 2. The van der Waals surface area contributed by atoms with Gasteiger partial charge >= 0.3 is 0 Å². The van der Waals surface area contributed by atoms with Gasteiger partial charge < -0.3 is 4.98 Å². The Hall–Kier alpha value is -3.15. The summed E-state index contributed by atoms with van der Waals surface area (Å²) in [7, 11) is 0. The van der Waals surface area contributed by atoms with E-state index in [0.29, 0.717) is 10.6 Å². The summed E-state index contributed by atoms with van der Waals surface area (Å²) in [6.45, 7) is 0. The van der Waals surface area contributed by atoms with Gasteiger partial charge in [0.25, 0.3) is 0 Å². The SMILES string of the molecule is O=C(C=Cc1c(-c2ccc(Cl)cc2)nc2sccn12)c1c[nH]c2ccccc12. The number of aromatic amines is 1. The summed E-state index contributed by atoms with van der Waals surface area (Å²) >= 11 is 7.57. The molecule has 6 heteroatoms. The van der Waals surface area contributed by atoms with E-state index in [9.17, 15) is 4.79 Å². The molecule has 0 radical (unpaired) electrons. The van der Waals surface area contributed by atoms with Gasteiger partial charge in [0.2, 0.25) is 0 Å². The minimum Gasteiger partial charge on any atom is -0.360 e. The summed E-state index contributed by atoms with van der Waals surface area (Å²) in [6, 6.07) is 15.3. The van der Waals surface area contributed by atoms with E-state index in [2.05, 4.69) is 4.98 Å². The third kappa shape index (κ3) is 2.85. The van der Waals surface area contributed by atoms with Crippen molar-refractivity contribution in [3.8, 4) is 11.3 Å². The normalized spacial score (nSPS) is 11.8. The molecule has 0 saturated heterocycles. The second kappa shape index (κ2) is 6.78. The minimum atomic E-state index is -0.0512. The quantitative estimate of drug-likeness (QED) is 0.291. The molecular weight excluding hydrogens is 390 g/mol. The van der Waals surface area contributed by atoms with Crippen LogP contribution in [0.4, 0.5) is 0 Å². The molecule has 0 spiro atoms. The van der Waals surface area contributed by atoms with Crippen LogP contribution in [0.2, 0.25) is 5.02 Å². The van der Waals surface area contributed by atoms with Gasteiger partial charge in [0.1, 0.15) is 0 Å². The Morgan fingerprint density at radius 3 is 2.82 bits per heavy atom. The number of aromatic nitrogens is 3. The van der Waals surface area contributed by atoms with Crippen LogP contribution in [0.1, 0.15) is 16.1 Å². The maximum atomic E-state index is 12.8. The van der Waals surface area contributed by atoms with Crippen LogP contribution in [0.25, 0.3) is 33.2 Å². The zero-order valence-corrected chi connectivity index (χ0v) is 16.2. The maximum Gasteiger partial charge on any atom is 0.194 e. The molecule has 1 N–H and O–H groups in total. The molecule has 0 amide bonds. The highest BCUT2D eigenvalue weighted by molar-refractivity contribution is 7.15. The van der Waals surface area contributed by atoms with Crippen LogP contribution in [0.15, 0.2) is 72.4 Å². The number of H-pyrrole nitrogens is 1. The Balaban J connectivity index is 1.57. The number of carbonyl (C=O) groups excluding carboxylic acids is 1. The lowest BCUT2D eigenvalue weighted by molar-refractivity contribution is 0.104. The number of imidazole rings is 1. The van der Waals surface area contributed by atoms with Gasteiger partial charge in [-0.3, -0.25) is 9.20 Å². The predicted molar refractivity (Wildman–Crippen MR) is 115 cm³/mol. The lowest BCUT2D eigenvalue weighted by atomic mass is 10.1. The average molecular weight is 404 g/mol. The molecule has 0 saturated carbocycles. The summed E-state index contributed by atoms with van der Waals surface area (Å²) in [5.74, 6) is -0.0512. The smallest absolute Gasteiger partial charge is 0.194 e. The molecule has 0 fully saturated rings. The van der Waals surface area contributed by atoms with Crippen molar-refractivity contribution in [2.75, 3.05) is 0 Å². The number of carbonyl (C=O) groups is 1. The number of ketones is 1. The number of thiazole rings is 1. The number of rotatable bonds is 4. The number of hydrogen-bond acceptors (Lipinski definition) is 3. The van der Waals surface area contributed by atoms with Gasteiger partial charge in [-0.25, -0.2) is 4.98 Å². The second-order valence-corrected chi connectivity index (χ2v) is 7.66. The van der Waals surface area contributed by atoms with Crippen molar-refractivity contribution in [2.24, 2.45) is 0 Å². The first-order valence-corrected chi connectivity index (χ1v) is 9.96. The topological polar surface area (TPSA) is 50.2 Å². The number of para-hydroxylation sites is 1. The van der Waals surface area contributed by atoms with Crippen LogP contribution in [0.5, 0.6) is 0 Å². The minimum absolute atomic E-state index is 0.0512. The van der Waals surface area contributed by atoms with Crippen molar-refractivity contribution in [2.45, 2.75) is 0 Å². The Labute approximate surface area is 169 Å². The lowest BCUT2D eigenvalue weighted by Crippen LogP contribution is -1.93. The molecule has 3 aromatic heterocycles. The molecule has 2 aromatic carbocycles. The Morgan fingerprint density at radius 1 is 1.14 bits per heavy atom. The molecule has 0 aliphatic rings. The molecule has 0 atom stereocenters. The molecule has 3 heterocycles. The molecule has 4 nitrogen and oxygen atoms in total. The fourth-order valence-electron chi connectivity index (χ4n) is 3.30. The van der Waals surface area contributed by atoms with E-state index in [1.807, 2.05) is 70.6 Å². The Morgan fingerprint density at radius 2 is 1.96 bits per heavy atom. The van der Waals surface area contributed by atoms with Gasteiger partial charge in [0.15, 0.2) is 10.7 Å². The van der Waals surface area contributed by atoms with Crippen molar-refractivity contribution < 1.29 is 4.79 Å². The first-order valence-electron chi connectivity index (χ1n) is 8.71. The second-order valence-electron chi connectivity index (χ2n) is 6.35. The number of allylic oxidation sites excluding steroid dienone is 1. The zero-order chi connectivity index (χ0) is 19.1.